The Morgan fingerprint density at radius 1 is 1.21 bits per heavy atom. The van der Waals surface area contributed by atoms with Gasteiger partial charge in [0.05, 0.1) is 6.10 Å². The van der Waals surface area contributed by atoms with Gasteiger partial charge in [0.1, 0.15) is 22.8 Å². The van der Waals surface area contributed by atoms with E-state index in [9.17, 15) is 27.7 Å². The van der Waals surface area contributed by atoms with Gasteiger partial charge in [-0.1, -0.05) is 12.2 Å². The Hall–Kier alpha value is -2.43. The number of cyclic esters (lactones) is 1. The molecule has 9 nitrogen and oxygen atoms in total. The molecule has 0 radical (unpaired) electrons. The summed E-state index contributed by atoms with van der Waals surface area (Å²) in [6, 6.07) is 2.03. The fourth-order valence-corrected chi connectivity index (χ4v) is 3.11. The van der Waals surface area contributed by atoms with Gasteiger partial charge in [0.2, 0.25) is 0 Å². The lowest BCUT2D eigenvalue weighted by Gasteiger charge is -2.17. The Kier molecular flexibility index (Phi) is 8.61. The molecule has 1 atom stereocenters. The van der Waals surface area contributed by atoms with Crippen molar-refractivity contribution in [1.82, 2.24) is 6.15 Å². The molecule has 28 heavy (non-hydrogen) atoms. The maximum Gasteiger partial charge on any atom is 0.342 e. The molecule has 0 spiro atoms. The normalized spacial score (nSPS) is 20.1. The van der Waals surface area contributed by atoms with Crippen LogP contribution in [0.3, 0.4) is 0 Å². The van der Waals surface area contributed by atoms with Gasteiger partial charge >= 0.3 is 5.97 Å². The summed E-state index contributed by atoms with van der Waals surface area (Å²) in [5.41, 5.74) is -0.00359. The number of ether oxygens (including phenoxy) is 1. The SMILES string of the molecule is C[C@H]1CCCC(=O)CCC/C=C/c2cc(OS(=O)(=O)[O-])cc(O)c2C(=O)O1.[NH4+]. The summed E-state index contributed by atoms with van der Waals surface area (Å²) in [5, 5.41) is 10.2. The predicted molar refractivity (Wildman–Crippen MR) is 101 cm³/mol. The number of esters is 1. The van der Waals surface area contributed by atoms with Crippen LogP contribution in [0.25, 0.3) is 6.08 Å². The Bertz CT molecular complexity index is 847. The van der Waals surface area contributed by atoms with E-state index in [2.05, 4.69) is 4.18 Å². The number of carbonyl (C=O) groups is 2. The second-order valence-corrected chi connectivity index (χ2v) is 7.32. The second kappa shape index (κ2) is 10.2. The van der Waals surface area contributed by atoms with Gasteiger partial charge in [0.15, 0.2) is 0 Å². The first-order valence-electron chi connectivity index (χ1n) is 8.57. The van der Waals surface area contributed by atoms with E-state index < -0.39 is 34.0 Å². The fourth-order valence-electron chi connectivity index (χ4n) is 2.78. The lowest BCUT2D eigenvalue weighted by atomic mass is 10.0. The van der Waals surface area contributed by atoms with Crippen molar-refractivity contribution in [1.29, 1.82) is 0 Å². The van der Waals surface area contributed by atoms with Crippen molar-refractivity contribution in [2.45, 2.75) is 51.6 Å². The number of ketones is 1. The predicted octanol–water partition coefficient (Wildman–Crippen LogP) is 3.09. The molecule has 0 fully saturated rings. The molecular formula is C18H25NO8S. The third kappa shape index (κ3) is 7.29. The first-order chi connectivity index (χ1) is 12.7. The quantitative estimate of drug-likeness (QED) is 0.422. The van der Waals surface area contributed by atoms with E-state index in [0.29, 0.717) is 38.5 Å². The zero-order valence-electron chi connectivity index (χ0n) is 15.8. The smallest absolute Gasteiger partial charge is 0.342 e. The molecule has 1 aromatic rings. The number of Topliss-reactive ketones (excluding diaryl/α,β-unsaturated/α-hetero) is 1. The minimum Gasteiger partial charge on any atom is -0.716 e. The van der Waals surface area contributed by atoms with E-state index in [-0.39, 0.29) is 23.1 Å². The number of benzene rings is 1. The number of rotatable bonds is 2. The summed E-state index contributed by atoms with van der Waals surface area (Å²) in [4.78, 5) is 24.2. The van der Waals surface area contributed by atoms with Crippen LogP contribution in [-0.2, 0) is 19.9 Å². The zero-order chi connectivity index (χ0) is 20.0. The van der Waals surface area contributed by atoms with Crippen LogP contribution in [0.1, 0.15) is 61.4 Å². The van der Waals surface area contributed by atoms with Gasteiger partial charge in [-0.25, -0.2) is 13.2 Å². The molecule has 0 aliphatic carbocycles. The van der Waals surface area contributed by atoms with E-state index in [1.807, 2.05) is 0 Å². The Morgan fingerprint density at radius 2 is 1.89 bits per heavy atom. The van der Waals surface area contributed by atoms with E-state index in [1.165, 1.54) is 6.08 Å². The zero-order valence-corrected chi connectivity index (χ0v) is 16.7. The van der Waals surface area contributed by atoms with Crippen LogP contribution in [0.2, 0.25) is 0 Å². The first kappa shape index (κ1) is 23.6. The number of hydrogen-bond donors (Lipinski definition) is 2. The Morgan fingerprint density at radius 3 is 2.57 bits per heavy atom. The number of hydrogen-bond acceptors (Lipinski definition) is 8. The van der Waals surface area contributed by atoms with Crippen LogP contribution < -0.4 is 10.3 Å². The number of quaternary nitrogens is 1. The van der Waals surface area contributed by atoms with Gasteiger partial charge in [0, 0.05) is 18.9 Å². The summed E-state index contributed by atoms with van der Waals surface area (Å²) in [7, 11) is -5.04. The van der Waals surface area contributed by atoms with Gasteiger partial charge in [-0.15, -0.1) is 0 Å². The molecule has 1 heterocycles. The lowest BCUT2D eigenvalue weighted by molar-refractivity contribution is -0.119. The first-order valence-corrected chi connectivity index (χ1v) is 9.90. The molecule has 0 bridgehead atoms. The molecule has 1 aliphatic rings. The van der Waals surface area contributed by atoms with Crippen LogP contribution in [-0.4, -0.2) is 35.9 Å². The molecule has 0 amide bonds. The molecule has 1 aliphatic heterocycles. The van der Waals surface area contributed by atoms with Crippen molar-refractivity contribution in [3.63, 3.8) is 0 Å². The lowest BCUT2D eigenvalue weighted by Crippen LogP contribution is -2.17. The molecule has 10 heteroatoms. The van der Waals surface area contributed by atoms with E-state index >= 15 is 0 Å². The molecule has 156 valence electrons. The Balaban J connectivity index is 0.00000392. The summed E-state index contributed by atoms with van der Waals surface area (Å²) in [6.45, 7) is 1.68. The molecule has 0 aromatic heterocycles. The number of phenolic OH excluding ortho intramolecular Hbond substituents is 1. The van der Waals surface area contributed by atoms with Crippen molar-refractivity contribution in [3.05, 3.63) is 29.3 Å². The van der Waals surface area contributed by atoms with Crippen molar-refractivity contribution in [3.8, 4) is 11.5 Å². The summed E-state index contributed by atoms with van der Waals surface area (Å²) in [6.07, 6.45) is 5.83. The van der Waals surface area contributed by atoms with Crippen LogP contribution in [0.15, 0.2) is 18.2 Å². The largest absolute Gasteiger partial charge is 0.716 e. The van der Waals surface area contributed by atoms with E-state index in [1.54, 1.807) is 13.0 Å². The van der Waals surface area contributed by atoms with Gasteiger partial charge < -0.3 is 24.7 Å². The average molecular weight is 415 g/mol. The molecule has 2 rings (SSSR count). The van der Waals surface area contributed by atoms with E-state index in [4.69, 9.17) is 4.74 Å². The minimum absolute atomic E-state index is 0. The minimum atomic E-state index is -5.04. The van der Waals surface area contributed by atoms with Crippen LogP contribution >= 0.6 is 0 Å². The van der Waals surface area contributed by atoms with Crippen LogP contribution in [0.5, 0.6) is 11.5 Å². The number of fused-ring (bicyclic) bond motifs is 1. The summed E-state index contributed by atoms with van der Waals surface area (Å²) >= 11 is 0. The van der Waals surface area contributed by atoms with Gasteiger partial charge in [-0.2, -0.15) is 0 Å². The number of allylic oxidation sites excluding steroid dienone is 1. The van der Waals surface area contributed by atoms with Crippen LogP contribution in [0, 0.1) is 0 Å². The van der Waals surface area contributed by atoms with Crippen molar-refractivity contribution in [2.75, 3.05) is 0 Å². The van der Waals surface area contributed by atoms with Gasteiger partial charge in [0.25, 0.3) is 10.4 Å². The van der Waals surface area contributed by atoms with Crippen molar-refractivity contribution < 1.29 is 36.6 Å². The van der Waals surface area contributed by atoms with Gasteiger partial charge in [-0.3, -0.25) is 4.79 Å². The standard InChI is InChI=1S/C18H22O8S.H3N/c1-12-6-5-9-14(19)8-4-2-3-7-13-10-15(26-27(22,23)24)11-16(20)17(13)18(21)25-12;/h3,7,10-12,20H,2,4-6,8-9H2,1H3,(H,22,23,24);1H3/b7-3+;/t12-;/m0./s1. The highest BCUT2D eigenvalue weighted by Gasteiger charge is 2.21. The summed E-state index contributed by atoms with van der Waals surface area (Å²) < 4.78 is 42.0. The third-order valence-electron chi connectivity index (χ3n) is 4.02. The number of phenols is 1. The molecule has 1 aromatic carbocycles. The monoisotopic (exact) mass is 415 g/mol. The molecule has 5 N–H and O–H groups in total. The highest BCUT2D eigenvalue weighted by atomic mass is 32.3. The highest BCUT2D eigenvalue weighted by molar-refractivity contribution is 7.81. The maximum atomic E-state index is 12.5. The highest BCUT2D eigenvalue weighted by Crippen LogP contribution is 2.31. The third-order valence-corrected chi connectivity index (χ3v) is 4.42. The van der Waals surface area contributed by atoms with Crippen LogP contribution in [0.4, 0.5) is 0 Å². The Labute approximate surface area is 163 Å². The summed E-state index contributed by atoms with van der Waals surface area (Å²) in [5.74, 6) is -1.62. The maximum absolute atomic E-state index is 12.5. The second-order valence-electron chi connectivity index (χ2n) is 6.34. The topological polar surface area (TPSA) is 167 Å². The molecular weight excluding hydrogens is 390 g/mol. The molecule has 0 unspecified atom stereocenters. The van der Waals surface area contributed by atoms with Crippen molar-refractivity contribution in [2.24, 2.45) is 0 Å². The fraction of sp³-hybridized carbons (Fsp3) is 0.444. The average Bonchev–Trinajstić information content (AvgIpc) is 2.51. The van der Waals surface area contributed by atoms with E-state index in [0.717, 1.165) is 12.1 Å². The number of aromatic hydroxyl groups is 1. The van der Waals surface area contributed by atoms with Crippen molar-refractivity contribution >= 4 is 28.2 Å². The molecule has 0 saturated heterocycles. The number of carbonyl (C=O) groups excluding carboxylic acids is 2. The molecule has 0 saturated carbocycles. The van der Waals surface area contributed by atoms with Gasteiger partial charge in [-0.05, 0) is 44.2 Å².